The maximum absolute atomic E-state index is 13.1. The van der Waals surface area contributed by atoms with Crippen LogP contribution in [0.1, 0.15) is 17.0 Å². The van der Waals surface area contributed by atoms with E-state index in [-0.39, 0.29) is 23.5 Å². The maximum Gasteiger partial charge on any atom is 0.294 e. The van der Waals surface area contributed by atoms with Gasteiger partial charge in [0, 0.05) is 17.1 Å². The van der Waals surface area contributed by atoms with Gasteiger partial charge in [0.05, 0.1) is 11.4 Å². The van der Waals surface area contributed by atoms with E-state index in [1.807, 2.05) is 24.5 Å². The molecule has 2 aromatic rings. The van der Waals surface area contributed by atoms with Crippen molar-refractivity contribution in [3.8, 4) is 18.0 Å². The molecule has 1 aromatic heterocycles. The summed E-state index contributed by atoms with van der Waals surface area (Å²) in [5.74, 6) is 1.64. The number of thioether (sulfide) groups is 1. The minimum atomic E-state index is -0.375. The highest BCUT2D eigenvalue weighted by Crippen LogP contribution is 2.33. The molecule has 2 amide bonds. The molecule has 0 N–H and O–H groups in total. The standard InChI is InChI=1S/C19H15FN2O2S/c1-4-9-21-18(23)17(25-19(21)24)11-14-10-12(2)22(13(14)3)16-7-5-15(20)6-8-16/h1,5-8,10-11H,9H2,2-3H3/b17-11+. The lowest BCUT2D eigenvalue weighted by atomic mass is 10.2. The summed E-state index contributed by atoms with van der Waals surface area (Å²) in [7, 11) is 0. The molecule has 0 spiro atoms. The summed E-state index contributed by atoms with van der Waals surface area (Å²) in [6.07, 6.45) is 6.90. The van der Waals surface area contributed by atoms with Crippen LogP contribution in [0.4, 0.5) is 9.18 Å². The maximum atomic E-state index is 13.1. The zero-order valence-corrected chi connectivity index (χ0v) is 14.6. The first-order valence-electron chi connectivity index (χ1n) is 7.56. The van der Waals surface area contributed by atoms with E-state index in [0.717, 1.165) is 39.3 Å². The number of aromatic nitrogens is 1. The zero-order valence-electron chi connectivity index (χ0n) is 13.7. The number of terminal acetylenes is 1. The average molecular weight is 354 g/mol. The normalized spacial score (nSPS) is 15.9. The van der Waals surface area contributed by atoms with Gasteiger partial charge in [-0.05, 0) is 67.6 Å². The quantitative estimate of drug-likeness (QED) is 0.620. The Balaban J connectivity index is 1.99. The van der Waals surface area contributed by atoms with Gasteiger partial charge in [-0.15, -0.1) is 6.42 Å². The van der Waals surface area contributed by atoms with Crippen molar-refractivity contribution in [2.45, 2.75) is 13.8 Å². The van der Waals surface area contributed by atoms with Gasteiger partial charge in [0.2, 0.25) is 0 Å². The molecule has 0 saturated carbocycles. The number of hydrogen-bond acceptors (Lipinski definition) is 3. The minimum absolute atomic E-state index is 0.0311. The van der Waals surface area contributed by atoms with E-state index >= 15 is 0 Å². The average Bonchev–Trinajstić information content (AvgIpc) is 3.00. The summed E-state index contributed by atoms with van der Waals surface area (Å²) in [6, 6.07) is 8.12. The minimum Gasteiger partial charge on any atom is -0.318 e. The predicted octanol–water partition coefficient (Wildman–Crippen LogP) is 3.90. The number of halogens is 1. The van der Waals surface area contributed by atoms with Crippen LogP contribution >= 0.6 is 11.8 Å². The summed E-state index contributed by atoms with van der Waals surface area (Å²) in [5, 5.41) is -0.360. The highest BCUT2D eigenvalue weighted by Gasteiger charge is 2.34. The number of imide groups is 1. The van der Waals surface area contributed by atoms with Crippen LogP contribution in [0.15, 0.2) is 35.2 Å². The van der Waals surface area contributed by atoms with Crippen LogP contribution in [0, 0.1) is 32.0 Å². The van der Waals surface area contributed by atoms with Crippen molar-refractivity contribution in [2.75, 3.05) is 6.54 Å². The van der Waals surface area contributed by atoms with E-state index in [9.17, 15) is 14.0 Å². The third-order valence-corrected chi connectivity index (χ3v) is 4.87. The Bertz CT molecular complexity index is 936. The Morgan fingerprint density at radius 2 is 1.92 bits per heavy atom. The van der Waals surface area contributed by atoms with Gasteiger partial charge in [-0.3, -0.25) is 14.5 Å². The Morgan fingerprint density at radius 3 is 2.56 bits per heavy atom. The molecule has 6 heteroatoms. The van der Waals surface area contributed by atoms with E-state index in [2.05, 4.69) is 5.92 Å². The molecule has 1 aromatic carbocycles. The molecule has 0 bridgehead atoms. The van der Waals surface area contributed by atoms with Crippen LogP contribution < -0.4 is 0 Å². The number of benzene rings is 1. The predicted molar refractivity (Wildman–Crippen MR) is 96.7 cm³/mol. The molecule has 1 aliphatic rings. The Kier molecular flexibility index (Phi) is 4.51. The van der Waals surface area contributed by atoms with Crippen LogP contribution in [0.2, 0.25) is 0 Å². The fourth-order valence-corrected chi connectivity index (χ4v) is 3.62. The summed E-state index contributed by atoms with van der Waals surface area (Å²) < 4.78 is 15.1. The van der Waals surface area contributed by atoms with Gasteiger partial charge in [0.25, 0.3) is 11.1 Å². The first-order valence-corrected chi connectivity index (χ1v) is 8.37. The molecular formula is C19H15FN2O2S. The molecule has 1 fully saturated rings. The Labute approximate surface area is 149 Å². The molecular weight excluding hydrogens is 339 g/mol. The summed E-state index contributed by atoms with van der Waals surface area (Å²) in [5.41, 5.74) is 3.50. The molecule has 25 heavy (non-hydrogen) atoms. The first kappa shape index (κ1) is 17.1. The van der Waals surface area contributed by atoms with Crippen molar-refractivity contribution in [3.05, 3.63) is 58.0 Å². The van der Waals surface area contributed by atoms with Gasteiger partial charge >= 0.3 is 0 Å². The molecule has 126 valence electrons. The lowest BCUT2D eigenvalue weighted by Crippen LogP contribution is -2.28. The lowest BCUT2D eigenvalue weighted by molar-refractivity contribution is -0.122. The number of hydrogen-bond donors (Lipinski definition) is 0. The van der Waals surface area contributed by atoms with E-state index < -0.39 is 0 Å². The Hall–Kier alpha value is -2.78. The van der Waals surface area contributed by atoms with Crippen molar-refractivity contribution in [1.29, 1.82) is 0 Å². The van der Waals surface area contributed by atoms with Gasteiger partial charge in [0.1, 0.15) is 5.82 Å². The largest absolute Gasteiger partial charge is 0.318 e. The smallest absolute Gasteiger partial charge is 0.294 e. The topological polar surface area (TPSA) is 42.3 Å². The lowest BCUT2D eigenvalue weighted by Gasteiger charge is -2.09. The van der Waals surface area contributed by atoms with E-state index in [4.69, 9.17) is 6.42 Å². The number of nitrogens with zero attached hydrogens (tertiary/aromatic N) is 2. The van der Waals surface area contributed by atoms with Crippen molar-refractivity contribution >= 4 is 29.0 Å². The van der Waals surface area contributed by atoms with Crippen molar-refractivity contribution in [1.82, 2.24) is 9.47 Å². The summed E-state index contributed by atoms with van der Waals surface area (Å²) in [6.45, 7) is 3.81. The summed E-state index contributed by atoms with van der Waals surface area (Å²) >= 11 is 0.882. The van der Waals surface area contributed by atoms with Gasteiger partial charge in [-0.2, -0.15) is 0 Å². The van der Waals surface area contributed by atoms with Gasteiger partial charge in [-0.1, -0.05) is 5.92 Å². The van der Waals surface area contributed by atoms with Crippen LogP contribution in [0.3, 0.4) is 0 Å². The molecule has 0 unspecified atom stereocenters. The monoisotopic (exact) mass is 354 g/mol. The van der Waals surface area contributed by atoms with Gasteiger partial charge in [0.15, 0.2) is 0 Å². The fraction of sp³-hybridized carbons (Fsp3) is 0.158. The van der Waals surface area contributed by atoms with Crippen LogP contribution in [-0.4, -0.2) is 27.2 Å². The van der Waals surface area contributed by atoms with E-state index in [1.165, 1.54) is 12.1 Å². The third kappa shape index (κ3) is 3.11. The van der Waals surface area contributed by atoms with Crippen molar-refractivity contribution < 1.29 is 14.0 Å². The zero-order chi connectivity index (χ0) is 18.1. The van der Waals surface area contributed by atoms with E-state index in [1.54, 1.807) is 18.2 Å². The second-order valence-corrected chi connectivity index (χ2v) is 6.60. The van der Waals surface area contributed by atoms with Crippen LogP contribution in [-0.2, 0) is 4.79 Å². The van der Waals surface area contributed by atoms with Gasteiger partial charge in [-0.25, -0.2) is 4.39 Å². The van der Waals surface area contributed by atoms with Crippen molar-refractivity contribution in [3.63, 3.8) is 0 Å². The molecule has 0 aliphatic carbocycles. The number of aryl methyl sites for hydroxylation is 1. The molecule has 1 saturated heterocycles. The molecule has 0 atom stereocenters. The molecule has 2 heterocycles. The molecule has 4 nitrogen and oxygen atoms in total. The summed E-state index contributed by atoms with van der Waals surface area (Å²) in [4.78, 5) is 25.6. The first-order chi connectivity index (χ1) is 11.9. The van der Waals surface area contributed by atoms with Crippen LogP contribution in [0.25, 0.3) is 11.8 Å². The number of carbonyl (C=O) groups is 2. The second-order valence-electron chi connectivity index (χ2n) is 5.61. The van der Waals surface area contributed by atoms with Crippen LogP contribution in [0.5, 0.6) is 0 Å². The molecule has 3 rings (SSSR count). The van der Waals surface area contributed by atoms with E-state index in [0.29, 0.717) is 4.91 Å². The SMILES string of the molecule is C#CCN1C(=O)S/C(=C/c2cc(C)n(-c3ccc(F)cc3)c2C)C1=O. The highest BCUT2D eigenvalue weighted by molar-refractivity contribution is 8.18. The Morgan fingerprint density at radius 1 is 1.24 bits per heavy atom. The molecule has 0 radical (unpaired) electrons. The highest BCUT2D eigenvalue weighted by atomic mass is 32.2. The van der Waals surface area contributed by atoms with Crippen molar-refractivity contribution in [2.24, 2.45) is 0 Å². The molecule has 1 aliphatic heterocycles. The number of amides is 2. The van der Waals surface area contributed by atoms with Gasteiger partial charge < -0.3 is 4.57 Å². The number of carbonyl (C=O) groups excluding carboxylic acids is 2. The second kappa shape index (κ2) is 6.61. The third-order valence-electron chi connectivity index (χ3n) is 3.96. The fourth-order valence-electron chi connectivity index (χ4n) is 2.79. The number of rotatable bonds is 3.